The van der Waals surface area contributed by atoms with E-state index in [-0.39, 0.29) is 17.4 Å². The van der Waals surface area contributed by atoms with Gasteiger partial charge in [0.2, 0.25) is 0 Å². The number of nitrogen functional groups attached to an aromatic ring is 1. The van der Waals surface area contributed by atoms with Crippen LogP contribution < -0.4 is 11.1 Å². The zero-order chi connectivity index (χ0) is 13.7. The normalized spacial score (nSPS) is 10.2. The number of hydrogen-bond donors (Lipinski definition) is 2. The van der Waals surface area contributed by atoms with Crippen LogP contribution in [0.4, 0.5) is 11.5 Å². The van der Waals surface area contributed by atoms with Crippen molar-refractivity contribution in [2.24, 2.45) is 0 Å². The van der Waals surface area contributed by atoms with Crippen molar-refractivity contribution in [2.45, 2.75) is 19.8 Å². The van der Waals surface area contributed by atoms with Gasteiger partial charge in [-0.05, 0) is 24.1 Å². The zero-order valence-electron chi connectivity index (χ0n) is 10.8. The molecule has 1 aromatic carbocycles. The molecule has 1 amide bonds. The van der Waals surface area contributed by atoms with Crippen LogP contribution in [0.1, 0.15) is 29.4 Å². The third-order valence-electron chi connectivity index (χ3n) is 2.64. The Kier molecular flexibility index (Phi) is 4.07. The molecule has 0 saturated heterocycles. The molecule has 5 heteroatoms. The first-order valence-electron chi connectivity index (χ1n) is 6.17. The number of nitrogens with two attached hydrogens (primary N) is 1. The Morgan fingerprint density at radius 2 is 2.00 bits per heavy atom. The van der Waals surface area contributed by atoms with Gasteiger partial charge in [0.1, 0.15) is 11.5 Å². The predicted molar refractivity (Wildman–Crippen MR) is 74.8 cm³/mol. The molecule has 3 N–H and O–H groups in total. The molecule has 0 aliphatic rings. The van der Waals surface area contributed by atoms with Gasteiger partial charge in [-0.3, -0.25) is 9.78 Å². The average molecular weight is 256 g/mol. The van der Waals surface area contributed by atoms with Crippen molar-refractivity contribution in [3.8, 4) is 0 Å². The lowest BCUT2D eigenvalue weighted by atomic mass is 10.1. The molecule has 0 spiro atoms. The highest BCUT2D eigenvalue weighted by molar-refractivity contribution is 6.02. The number of amides is 1. The van der Waals surface area contributed by atoms with Crippen molar-refractivity contribution < 1.29 is 4.79 Å². The third kappa shape index (κ3) is 3.51. The van der Waals surface area contributed by atoms with E-state index in [1.54, 1.807) is 0 Å². The van der Waals surface area contributed by atoms with Crippen molar-refractivity contribution in [3.63, 3.8) is 0 Å². The van der Waals surface area contributed by atoms with Crippen molar-refractivity contribution in [1.82, 2.24) is 9.97 Å². The van der Waals surface area contributed by atoms with Gasteiger partial charge in [0.25, 0.3) is 5.91 Å². The van der Waals surface area contributed by atoms with Crippen molar-refractivity contribution in [1.29, 1.82) is 0 Å². The maximum absolute atomic E-state index is 11.9. The largest absolute Gasteiger partial charge is 0.382 e. The van der Waals surface area contributed by atoms with Gasteiger partial charge in [0.05, 0.1) is 12.4 Å². The number of benzene rings is 1. The maximum atomic E-state index is 11.9. The zero-order valence-corrected chi connectivity index (χ0v) is 10.8. The highest BCUT2D eigenvalue weighted by Gasteiger charge is 2.08. The van der Waals surface area contributed by atoms with Crippen LogP contribution in [0.3, 0.4) is 0 Å². The Morgan fingerprint density at radius 1 is 1.26 bits per heavy atom. The van der Waals surface area contributed by atoms with E-state index in [2.05, 4.69) is 22.2 Å². The fourth-order valence-corrected chi connectivity index (χ4v) is 1.73. The minimum absolute atomic E-state index is 0.206. The molecular weight excluding hydrogens is 240 g/mol. The van der Waals surface area contributed by atoms with Crippen LogP contribution >= 0.6 is 0 Å². The molecule has 0 saturated carbocycles. The van der Waals surface area contributed by atoms with Gasteiger partial charge in [0, 0.05) is 5.69 Å². The van der Waals surface area contributed by atoms with Gasteiger partial charge in [-0.15, -0.1) is 0 Å². The number of anilines is 2. The standard InChI is InChI=1S/C14H16N4O/c1-2-3-10-4-6-11(7-5-10)17-14(19)12-8-16-9-13(15)18-12/h4-9H,2-3H2,1H3,(H2,15,18)(H,17,19). The summed E-state index contributed by atoms with van der Waals surface area (Å²) in [4.78, 5) is 19.7. The van der Waals surface area contributed by atoms with Crippen LogP contribution in [0.5, 0.6) is 0 Å². The first-order valence-corrected chi connectivity index (χ1v) is 6.17. The molecule has 0 aliphatic carbocycles. The minimum atomic E-state index is -0.317. The summed E-state index contributed by atoms with van der Waals surface area (Å²) in [5.41, 5.74) is 7.68. The van der Waals surface area contributed by atoms with Crippen LogP contribution in [0.25, 0.3) is 0 Å². The molecular formula is C14H16N4O. The minimum Gasteiger partial charge on any atom is -0.382 e. The van der Waals surface area contributed by atoms with E-state index in [0.717, 1.165) is 18.5 Å². The van der Waals surface area contributed by atoms with E-state index in [9.17, 15) is 4.79 Å². The quantitative estimate of drug-likeness (QED) is 0.879. The fraction of sp³-hybridized carbons (Fsp3) is 0.214. The topological polar surface area (TPSA) is 80.9 Å². The van der Waals surface area contributed by atoms with E-state index in [1.165, 1.54) is 18.0 Å². The van der Waals surface area contributed by atoms with Gasteiger partial charge in [-0.1, -0.05) is 25.5 Å². The number of carbonyl (C=O) groups is 1. The summed E-state index contributed by atoms with van der Waals surface area (Å²) in [6.07, 6.45) is 4.92. The summed E-state index contributed by atoms with van der Waals surface area (Å²) in [5.74, 6) is -0.0889. The lowest BCUT2D eigenvalue weighted by Gasteiger charge is -2.06. The molecule has 0 bridgehead atoms. The Labute approximate surface area is 111 Å². The number of aromatic nitrogens is 2. The fourth-order valence-electron chi connectivity index (χ4n) is 1.73. The van der Waals surface area contributed by atoms with E-state index in [0.29, 0.717) is 0 Å². The van der Waals surface area contributed by atoms with Gasteiger partial charge in [-0.25, -0.2) is 4.98 Å². The van der Waals surface area contributed by atoms with E-state index < -0.39 is 0 Å². The summed E-state index contributed by atoms with van der Waals surface area (Å²) in [6.45, 7) is 2.13. The molecule has 0 radical (unpaired) electrons. The molecule has 0 unspecified atom stereocenters. The van der Waals surface area contributed by atoms with Crippen LogP contribution in [-0.2, 0) is 6.42 Å². The lowest BCUT2D eigenvalue weighted by molar-refractivity contribution is 0.102. The molecule has 2 aromatic rings. The average Bonchev–Trinajstić information content (AvgIpc) is 2.41. The number of hydrogen-bond acceptors (Lipinski definition) is 4. The monoisotopic (exact) mass is 256 g/mol. The molecule has 1 heterocycles. The molecule has 0 fully saturated rings. The number of aryl methyl sites for hydroxylation is 1. The van der Waals surface area contributed by atoms with E-state index in [4.69, 9.17) is 5.73 Å². The smallest absolute Gasteiger partial charge is 0.275 e. The van der Waals surface area contributed by atoms with Crippen molar-refractivity contribution >= 4 is 17.4 Å². The molecule has 2 rings (SSSR count). The van der Waals surface area contributed by atoms with Crippen LogP contribution in [0.15, 0.2) is 36.7 Å². The Morgan fingerprint density at radius 3 is 2.63 bits per heavy atom. The van der Waals surface area contributed by atoms with Crippen molar-refractivity contribution in [3.05, 3.63) is 47.9 Å². The second-order valence-corrected chi connectivity index (χ2v) is 4.23. The molecule has 5 nitrogen and oxygen atoms in total. The summed E-state index contributed by atoms with van der Waals surface area (Å²) < 4.78 is 0. The summed E-state index contributed by atoms with van der Waals surface area (Å²) in [7, 11) is 0. The summed E-state index contributed by atoms with van der Waals surface area (Å²) in [6, 6.07) is 7.76. The van der Waals surface area contributed by atoms with E-state index >= 15 is 0 Å². The highest BCUT2D eigenvalue weighted by Crippen LogP contribution is 2.12. The predicted octanol–water partition coefficient (Wildman–Crippen LogP) is 2.26. The molecule has 1 aromatic heterocycles. The molecule has 0 atom stereocenters. The van der Waals surface area contributed by atoms with Gasteiger partial charge in [0.15, 0.2) is 0 Å². The molecule has 19 heavy (non-hydrogen) atoms. The second-order valence-electron chi connectivity index (χ2n) is 4.23. The van der Waals surface area contributed by atoms with Crippen LogP contribution in [0, 0.1) is 0 Å². The van der Waals surface area contributed by atoms with Gasteiger partial charge < -0.3 is 11.1 Å². The number of carbonyl (C=O) groups excluding carboxylic acids is 1. The van der Waals surface area contributed by atoms with Crippen molar-refractivity contribution in [2.75, 3.05) is 11.1 Å². The third-order valence-corrected chi connectivity index (χ3v) is 2.64. The van der Waals surface area contributed by atoms with Gasteiger partial charge in [-0.2, -0.15) is 0 Å². The number of nitrogens with one attached hydrogen (secondary N) is 1. The molecule has 0 aliphatic heterocycles. The lowest BCUT2D eigenvalue weighted by Crippen LogP contribution is -2.14. The summed E-state index contributed by atoms with van der Waals surface area (Å²) >= 11 is 0. The van der Waals surface area contributed by atoms with Crippen LogP contribution in [-0.4, -0.2) is 15.9 Å². The summed E-state index contributed by atoms with van der Waals surface area (Å²) in [5, 5.41) is 2.76. The Bertz CT molecular complexity index is 566. The second kappa shape index (κ2) is 5.95. The SMILES string of the molecule is CCCc1ccc(NC(=O)c2cncc(N)n2)cc1. The highest BCUT2D eigenvalue weighted by atomic mass is 16.1. The first-order chi connectivity index (χ1) is 9.19. The number of rotatable bonds is 4. The number of nitrogens with zero attached hydrogens (tertiary/aromatic N) is 2. The Hall–Kier alpha value is -2.43. The molecule has 98 valence electrons. The first kappa shape index (κ1) is 13.0. The maximum Gasteiger partial charge on any atom is 0.275 e. The van der Waals surface area contributed by atoms with E-state index in [1.807, 2.05) is 24.3 Å². The van der Waals surface area contributed by atoms with Gasteiger partial charge >= 0.3 is 0 Å². The Balaban J connectivity index is 2.06. The van der Waals surface area contributed by atoms with Crippen LogP contribution in [0.2, 0.25) is 0 Å².